The molecule has 0 fully saturated rings. The van der Waals surface area contributed by atoms with Crippen LogP contribution in [0, 0.1) is 0 Å². The van der Waals surface area contributed by atoms with Crippen molar-refractivity contribution < 1.29 is 4.79 Å². The summed E-state index contributed by atoms with van der Waals surface area (Å²) in [6.07, 6.45) is 3.40. The van der Waals surface area contributed by atoms with Crippen molar-refractivity contribution in [1.29, 1.82) is 0 Å². The molecule has 1 N–H and O–H groups in total. The van der Waals surface area contributed by atoms with Crippen LogP contribution in [0.4, 0.5) is 0 Å². The normalized spacial score (nSPS) is 9.40. The second kappa shape index (κ2) is 6.87. The maximum absolute atomic E-state index is 10.5. The molecule has 60 valence electrons. The van der Waals surface area contributed by atoms with Crippen LogP contribution in [-0.2, 0) is 4.79 Å². The first-order valence-electron chi connectivity index (χ1n) is 3.64. The Morgan fingerprint density at radius 2 is 2.20 bits per heavy atom. The van der Waals surface area contributed by atoms with Crippen molar-refractivity contribution in [3.63, 3.8) is 0 Å². The van der Waals surface area contributed by atoms with E-state index in [0.29, 0.717) is 0 Å². The van der Waals surface area contributed by atoms with Crippen LogP contribution in [0.15, 0.2) is 0 Å². The van der Waals surface area contributed by atoms with Crippen LogP contribution < -0.4 is 5.32 Å². The molecule has 0 aliphatic rings. The molecule has 0 atom stereocenters. The maximum Gasteiger partial charge on any atom is 0.234 e. The van der Waals surface area contributed by atoms with Gasteiger partial charge < -0.3 is 5.32 Å². The van der Waals surface area contributed by atoms with Gasteiger partial charge in [-0.2, -0.15) is 0 Å². The zero-order valence-corrected chi connectivity index (χ0v) is 7.08. The number of unbranched alkanes of at least 4 members (excludes halogenated alkanes) is 2. The predicted octanol–water partition coefficient (Wildman–Crippen LogP) is 1.53. The first kappa shape index (κ1) is 9.76. The van der Waals surface area contributed by atoms with Crippen LogP contribution in [-0.4, -0.2) is 18.3 Å². The van der Waals surface area contributed by atoms with Crippen LogP contribution in [0.1, 0.15) is 26.2 Å². The van der Waals surface area contributed by atoms with Gasteiger partial charge in [-0.25, -0.2) is 0 Å². The van der Waals surface area contributed by atoms with Crippen molar-refractivity contribution in [2.24, 2.45) is 0 Å². The standard InChI is InChI=1S/C7H14ClNO/c1-2-3-4-5-9-7(10)6-8/h2-6H2,1H3,(H,9,10). The Morgan fingerprint density at radius 1 is 1.50 bits per heavy atom. The summed E-state index contributed by atoms with van der Waals surface area (Å²) in [5.41, 5.74) is 0. The van der Waals surface area contributed by atoms with Gasteiger partial charge in [0.15, 0.2) is 0 Å². The number of carbonyl (C=O) groups is 1. The van der Waals surface area contributed by atoms with Gasteiger partial charge in [0, 0.05) is 6.54 Å². The second-order valence-corrected chi connectivity index (χ2v) is 2.46. The minimum atomic E-state index is -0.0715. The van der Waals surface area contributed by atoms with Gasteiger partial charge in [0.05, 0.1) is 0 Å². The molecule has 0 aromatic heterocycles. The number of nitrogens with one attached hydrogen (secondary N) is 1. The number of hydrogen-bond acceptors (Lipinski definition) is 1. The van der Waals surface area contributed by atoms with Gasteiger partial charge in [-0.1, -0.05) is 19.8 Å². The Kier molecular flexibility index (Phi) is 6.71. The van der Waals surface area contributed by atoms with E-state index < -0.39 is 0 Å². The summed E-state index contributed by atoms with van der Waals surface area (Å²) in [5.74, 6) is 0.00401. The van der Waals surface area contributed by atoms with Crippen molar-refractivity contribution in [2.75, 3.05) is 12.4 Å². The van der Waals surface area contributed by atoms with Crippen molar-refractivity contribution in [1.82, 2.24) is 5.32 Å². The summed E-state index contributed by atoms with van der Waals surface area (Å²) in [6.45, 7) is 2.89. The Morgan fingerprint density at radius 3 is 2.70 bits per heavy atom. The predicted molar refractivity (Wildman–Crippen MR) is 43.3 cm³/mol. The van der Waals surface area contributed by atoms with Crippen LogP contribution in [0.3, 0.4) is 0 Å². The van der Waals surface area contributed by atoms with Gasteiger partial charge in [0.25, 0.3) is 0 Å². The van der Waals surface area contributed by atoms with E-state index in [1.807, 2.05) is 0 Å². The van der Waals surface area contributed by atoms with E-state index in [9.17, 15) is 4.79 Å². The molecule has 0 aromatic rings. The first-order chi connectivity index (χ1) is 4.81. The van der Waals surface area contributed by atoms with E-state index >= 15 is 0 Å². The summed E-state index contributed by atoms with van der Waals surface area (Å²) in [7, 11) is 0. The molecule has 10 heavy (non-hydrogen) atoms. The number of amides is 1. The highest BCUT2D eigenvalue weighted by molar-refractivity contribution is 6.27. The Hall–Kier alpha value is -0.240. The molecule has 0 unspecified atom stereocenters. The molecular formula is C7H14ClNO. The average molecular weight is 164 g/mol. The lowest BCUT2D eigenvalue weighted by Crippen LogP contribution is -2.25. The smallest absolute Gasteiger partial charge is 0.234 e. The molecule has 0 bridgehead atoms. The molecule has 0 aliphatic heterocycles. The molecule has 0 saturated heterocycles. The SMILES string of the molecule is CCCCCNC(=O)CCl. The lowest BCUT2D eigenvalue weighted by Gasteiger charge is -1.99. The molecule has 0 aliphatic carbocycles. The zero-order valence-electron chi connectivity index (χ0n) is 6.32. The minimum Gasteiger partial charge on any atom is -0.355 e. The van der Waals surface area contributed by atoms with Gasteiger partial charge in [-0.05, 0) is 6.42 Å². The third-order valence-electron chi connectivity index (χ3n) is 1.22. The molecule has 0 saturated carbocycles. The van der Waals surface area contributed by atoms with E-state index in [2.05, 4.69) is 12.2 Å². The topological polar surface area (TPSA) is 29.1 Å². The number of carbonyl (C=O) groups excluding carboxylic acids is 1. The molecule has 0 rings (SSSR count). The third-order valence-corrected chi connectivity index (χ3v) is 1.47. The van der Waals surface area contributed by atoms with Crippen LogP contribution in [0.25, 0.3) is 0 Å². The molecule has 3 heteroatoms. The van der Waals surface area contributed by atoms with E-state index in [1.54, 1.807) is 0 Å². The van der Waals surface area contributed by atoms with Crippen LogP contribution in [0.5, 0.6) is 0 Å². The van der Waals surface area contributed by atoms with Crippen molar-refractivity contribution in [3.05, 3.63) is 0 Å². The fourth-order valence-corrected chi connectivity index (χ4v) is 0.745. The van der Waals surface area contributed by atoms with E-state index in [1.165, 1.54) is 12.8 Å². The molecule has 2 nitrogen and oxygen atoms in total. The third kappa shape index (κ3) is 5.89. The summed E-state index contributed by atoms with van der Waals surface area (Å²) in [5, 5.41) is 2.70. The van der Waals surface area contributed by atoms with Crippen molar-refractivity contribution in [2.45, 2.75) is 26.2 Å². The van der Waals surface area contributed by atoms with Crippen molar-refractivity contribution in [3.8, 4) is 0 Å². The molecule has 0 aromatic carbocycles. The first-order valence-corrected chi connectivity index (χ1v) is 4.17. The molecular weight excluding hydrogens is 150 g/mol. The molecule has 0 spiro atoms. The highest BCUT2D eigenvalue weighted by atomic mass is 35.5. The number of rotatable bonds is 5. The summed E-state index contributed by atoms with van der Waals surface area (Å²) >= 11 is 5.25. The number of hydrogen-bond donors (Lipinski definition) is 1. The lowest BCUT2D eigenvalue weighted by molar-refractivity contribution is -0.118. The summed E-state index contributed by atoms with van der Waals surface area (Å²) in [6, 6.07) is 0. The molecule has 0 heterocycles. The molecule has 0 radical (unpaired) electrons. The summed E-state index contributed by atoms with van der Waals surface area (Å²) < 4.78 is 0. The van der Waals surface area contributed by atoms with Gasteiger partial charge >= 0.3 is 0 Å². The van der Waals surface area contributed by atoms with Crippen LogP contribution in [0.2, 0.25) is 0 Å². The fourth-order valence-electron chi connectivity index (χ4n) is 0.650. The lowest BCUT2D eigenvalue weighted by atomic mass is 10.2. The van der Waals surface area contributed by atoms with Gasteiger partial charge in [0.2, 0.25) is 5.91 Å². The van der Waals surface area contributed by atoms with Gasteiger partial charge in [-0.3, -0.25) is 4.79 Å². The highest BCUT2D eigenvalue weighted by Gasteiger charge is 1.94. The van der Waals surface area contributed by atoms with Crippen molar-refractivity contribution >= 4 is 17.5 Å². The average Bonchev–Trinajstić information content (AvgIpc) is 1.98. The molecule has 1 amide bonds. The minimum absolute atomic E-state index is 0.0715. The van der Waals surface area contributed by atoms with Gasteiger partial charge in [-0.15, -0.1) is 11.6 Å². The number of halogens is 1. The zero-order chi connectivity index (χ0) is 7.82. The Bertz CT molecular complexity index is 95.6. The van der Waals surface area contributed by atoms with Gasteiger partial charge in [0.1, 0.15) is 5.88 Å². The van der Waals surface area contributed by atoms with E-state index in [0.717, 1.165) is 13.0 Å². The quantitative estimate of drug-likeness (QED) is 0.484. The van der Waals surface area contributed by atoms with E-state index in [4.69, 9.17) is 11.6 Å². The second-order valence-electron chi connectivity index (χ2n) is 2.19. The fraction of sp³-hybridized carbons (Fsp3) is 0.857. The summed E-state index contributed by atoms with van der Waals surface area (Å²) in [4.78, 5) is 10.5. The largest absolute Gasteiger partial charge is 0.355 e. The van der Waals surface area contributed by atoms with Crippen LogP contribution >= 0.6 is 11.6 Å². The van der Waals surface area contributed by atoms with E-state index in [-0.39, 0.29) is 11.8 Å². The Balaban J connectivity index is 2.96. The highest BCUT2D eigenvalue weighted by Crippen LogP contribution is 1.90. The Labute approximate surface area is 66.9 Å². The number of alkyl halides is 1. The maximum atomic E-state index is 10.5. The monoisotopic (exact) mass is 163 g/mol.